The Balaban J connectivity index is 1.82. The molecule has 0 saturated heterocycles. The predicted molar refractivity (Wildman–Crippen MR) is 124 cm³/mol. The molecule has 10 heteroatoms. The van der Waals surface area contributed by atoms with Gasteiger partial charge in [-0.3, -0.25) is 9.59 Å². The standard InChI is InChI=1S/C22H23Cl2N5O3/c1-4-18-26-21(27-29(18)20-14(23)9-8-10-15(20)24)22(31)28(5-2)13-19(30)25-16-11-6-7-12-17(16)32-3/h6-12H,4-5,13H2,1-3H3,(H,25,30). The number of para-hydroxylation sites is 3. The van der Waals surface area contributed by atoms with Gasteiger partial charge in [0.15, 0.2) is 0 Å². The fourth-order valence-corrected chi connectivity index (χ4v) is 3.67. The summed E-state index contributed by atoms with van der Waals surface area (Å²) in [5.41, 5.74) is 0.976. The third-order valence-corrected chi connectivity index (χ3v) is 5.33. The number of anilines is 1. The Kier molecular flexibility index (Phi) is 7.71. The molecule has 0 aliphatic carbocycles. The number of carbonyl (C=O) groups is 2. The molecule has 2 aromatic carbocycles. The average Bonchev–Trinajstić information content (AvgIpc) is 3.21. The molecule has 2 amide bonds. The summed E-state index contributed by atoms with van der Waals surface area (Å²) in [5.74, 6) is 0.177. The molecule has 0 fully saturated rings. The first-order chi connectivity index (χ1) is 15.4. The molecule has 0 aliphatic rings. The van der Waals surface area contributed by atoms with Crippen LogP contribution in [0.4, 0.5) is 5.69 Å². The van der Waals surface area contributed by atoms with Gasteiger partial charge in [0.2, 0.25) is 11.7 Å². The zero-order valence-corrected chi connectivity index (χ0v) is 19.4. The molecule has 3 rings (SSSR count). The fraction of sp³-hybridized carbons (Fsp3) is 0.273. The van der Waals surface area contributed by atoms with Crippen molar-refractivity contribution in [2.45, 2.75) is 20.3 Å². The third-order valence-electron chi connectivity index (χ3n) is 4.72. The molecular formula is C22H23Cl2N5O3. The molecule has 8 nitrogen and oxygen atoms in total. The van der Waals surface area contributed by atoms with Crippen LogP contribution in [-0.2, 0) is 11.2 Å². The van der Waals surface area contributed by atoms with Crippen molar-refractivity contribution in [1.29, 1.82) is 0 Å². The summed E-state index contributed by atoms with van der Waals surface area (Å²) in [7, 11) is 1.52. The molecule has 0 aliphatic heterocycles. The quantitative estimate of drug-likeness (QED) is 0.525. The van der Waals surface area contributed by atoms with E-state index in [9.17, 15) is 9.59 Å². The summed E-state index contributed by atoms with van der Waals surface area (Å²) in [4.78, 5) is 31.4. The van der Waals surface area contributed by atoms with Gasteiger partial charge in [-0.1, -0.05) is 48.3 Å². The summed E-state index contributed by atoms with van der Waals surface area (Å²) >= 11 is 12.6. The monoisotopic (exact) mass is 475 g/mol. The topological polar surface area (TPSA) is 89.3 Å². The smallest absolute Gasteiger partial charge is 0.294 e. The van der Waals surface area contributed by atoms with Crippen LogP contribution in [0.3, 0.4) is 0 Å². The van der Waals surface area contributed by atoms with Crippen molar-refractivity contribution in [3.8, 4) is 11.4 Å². The normalized spacial score (nSPS) is 10.7. The van der Waals surface area contributed by atoms with Crippen LogP contribution in [0, 0.1) is 0 Å². The van der Waals surface area contributed by atoms with Crippen molar-refractivity contribution < 1.29 is 14.3 Å². The maximum absolute atomic E-state index is 13.1. The molecular weight excluding hydrogens is 453 g/mol. The fourth-order valence-electron chi connectivity index (χ4n) is 3.11. The minimum Gasteiger partial charge on any atom is -0.495 e. The number of amides is 2. The Morgan fingerprint density at radius 2 is 1.78 bits per heavy atom. The second-order valence-electron chi connectivity index (χ2n) is 6.76. The lowest BCUT2D eigenvalue weighted by molar-refractivity contribution is -0.116. The maximum Gasteiger partial charge on any atom is 0.294 e. The van der Waals surface area contributed by atoms with Gasteiger partial charge in [0.05, 0.1) is 22.8 Å². The van der Waals surface area contributed by atoms with Crippen molar-refractivity contribution in [3.05, 3.63) is 64.2 Å². The largest absolute Gasteiger partial charge is 0.495 e. The third kappa shape index (κ3) is 5.03. The highest BCUT2D eigenvalue weighted by molar-refractivity contribution is 6.37. The molecule has 0 atom stereocenters. The molecule has 168 valence electrons. The number of methoxy groups -OCH3 is 1. The highest BCUT2D eigenvalue weighted by Gasteiger charge is 2.25. The number of nitrogens with zero attached hydrogens (tertiary/aromatic N) is 4. The van der Waals surface area contributed by atoms with Crippen LogP contribution in [0.1, 0.15) is 30.3 Å². The van der Waals surface area contributed by atoms with Gasteiger partial charge in [0.25, 0.3) is 5.91 Å². The molecule has 0 saturated carbocycles. The number of hydrogen-bond donors (Lipinski definition) is 1. The van der Waals surface area contributed by atoms with E-state index in [2.05, 4.69) is 15.4 Å². The zero-order chi connectivity index (χ0) is 23.3. The number of aryl methyl sites for hydroxylation is 1. The van der Waals surface area contributed by atoms with Gasteiger partial charge < -0.3 is 15.0 Å². The van der Waals surface area contributed by atoms with Crippen LogP contribution >= 0.6 is 23.2 Å². The Hall–Kier alpha value is -3.10. The number of nitrogens with one attached hydrogen (secondary N) is 1. The number of likely N-dealkylation sites (N-methyl/N-ethyl adjacent to an activating group) is 1. The van der Waals surface area contributed by atoms with Crippen molar-refractivity contribution in [2.75, 3.05) is 25.5 Å². The first kappa shape index (κ1) is 23.6. The number of ether oxygens (including phenoxy) is 1. The summed E-state index contributed by atoms with van der Waals surface area (Å²) in [6.45, 7) is 3.78. The van der Waals surface area contributed by atoms with E-state index in [4.69, 9.17) is 27.9 Å². The van der Waals surface area contributed by atoms with E-state index >= 15 is 0 Å². The van der Waals surface area contributed by atoms with Gasteiger partial charge >= 0.3 is 0 Å². The number of hydrogen-bond acceptors (Lipinski definition) is 5. The first-order valence-corrected chi connectivity index (χ1v) is 10.8. The van der Waals surface area contributed by atoms with E-state index in [1.807, 2.05) is 6.92 Å². The van der Waals surface area contributed by atoms with E-state index in [-0.39, 0.29) is 18.3 Å². The summed E-state index contributed by atoms with van der Waals surface area (Å²) in [6.07, 6.45) is 0.502. The lowest BCUT2D eigenvalue weighted by atomic mass is 10.3. The molecule has 1 N–H and O–H groups in total. The Bertz CT molecular complexity index is 1110. The van der Waals surface area contributed by atoms with Gasteiger partial charge in [-0.05, 0) is 31.2 Å². The van der Waals surface area contributed by atoms with Crippen LogP contribution in [0.15, 0.2) is 42.5 Å². The lowest BCUT2D eigenvalue weighted by Crippen LogP contribution is -2.38. The maximum atomic E-state index is 13.1. The van der Waals surface area contributed by atoms with Crippen molar-refractivity contribution in [1.82, 2.24) is 19.7 Å². The van der Waals surface area contributed by atoms with Crippen molar-refractivity contribution >= 4 is 40.7 Å². The summed E-state index contributed by atoms with van der Waals surface area (Å²) in [5, 5.41) is 7.89. The molecule has 3 aromatic rings. The van der Waals surface area contributed by atoms with Crippen LogP contribution in [0.2, 0.25) is 10.0 Å². The number of carbonyl (C=O) groups excluding carboxylic acids is 2. The van der Waals surface area contributed by atoms with Gasteiger partial charge in [0, 0.05) is 13.0 Å². The van der Waals surface area contributed by atoms with E-state index in [0.29, 0.717) is 46.0 Å². The van der Waals surface area contributed by atoms with Gasteiger partial charge in [-0.15, -0.1) is 5.10 Å². The van der Waals surface area contributed by atoms with Crippen molar-refractivity contribution in [2.24, 2.45) is 0 Å². The average molecular weight is 476 g/mol. The van der Waals surface area contributed by atoms with Crippen LogP contribution in [0.5, 0.6) is 5.75 Å². The van der Waals surface area contributed by atoms with Crippen LogP contribution in [0.25, 0.3) is 5.69 Å². The Morgan fingerprint density at radius 1 is 1.09 bits per heavy atom. The molecule has 1 aromatic heterocycles. The highest BCUT2D eigenvalue weighted by atomic mass is 35.5. The first-order valence-electron chi connectivity index (χ1n) is 10.0. The molecule has 0 radical (unpaired) electrons. The second-order valence-corrected chi connectivity index (χ2v) is 7.57. The van der Waals surface area contributed by atoms with Crippen LogP contribution < -0.4 is 10.1 Å². The van der Waals surface area contributed by atoms with E-state index in [1.165, 1.54) is 16.7 Å². The number of halogens is 2. The van der Waals surface area contributed by atoms with E-state index < -0.39 is 5.91 Å². The zero-order valence-electron chi connectivity index (χ0n) is 17.9. The van der Waals surface area contributed by atoms with E-state index in [1.54, 1.807) is 49.4 Å². The molecule has 1 heterocycles. The van der Waals surface area contributed by atoms with Gasteiger partial charge in [-0.25, -0.2) is 9.67 Å². The molecule has 0 bridgehead atoms. The molecule has 0 spiro atoms. The Morgan fingerprint density at radius 3 is 2.41 bits per heavy atom. The minimum atomic E-state index is -0.473. The number of benzene rings is 2. The minimum absolute atomic E-state index is 0.0372. The highest BCUT2D eigenvalue weighted by Crippen LogP contribution is 2.29. The second kappa shape index (κ2) is 10.5. The molecule has 32 heavy (non-hydrogen) atoms. The number of aromatic nitrogens is 3. The summed E-state index contributed by atoms with van der Waals surface area (Å²) in [6, 6.07) is 12.1. The SMILES string of the molecule is CCc1nc(C(=O)N(CC)CC(=O)Nc2ccccc2OC)nn1-c1c(Cl)cccc1Cl. The van der Waals surface area contributed by atoms with Gasteiger partial charge in [-0.2, -0.15) is 0 Å². The number of rotatable bonds is 8. The predicted octanol–water partition coefficient (Wildman–Crippen LogP) is 4.25. The summed E-state index contributed by atoms with van der Waals surface area (Å²) < 4.78 is 6.72. The van der Waals surface area contributed by atoms with Crippen LogP contribution in [-0.4, -0.2) is 51.7 Å². The van der Waals surface area contributed by atoms with E-state index in [0.717, 1.165) is 0 Å². The molecule has 0 unspecified atom stereocenters. The van der Waals surface area contributed by atoms with Gasteiger partial charge in [0.1, 0.15) is 23.8 Å². The van der Waals surface area contributed by atoms with Crippen molar-refractivity contribution in [3.63, 3.8) is 0 Å². The Labute approximate surface area is 196 Å². The lowest BCUT2D eigenvalue weighted by Gasteiger charge is -2.19.